The predicted molar refractivity (Wildman–Crippen MR) is 73.1 cm³/mol. The van der Waals surface area contributed by atoms with Crippen molar-refractivity contribution < 1.29 is 18.3 Å². The summed E-state index contributed by atoms with van der Waals surface area (Å²) in [5, 5.41) is 9.33. The number of halogens is 2. The molecule has 1 unspecified atom stereocenters. The molecular formula is C11H13Cl2NO4S. The molecule has 106 valence electrons. The smallest absolute Gasteiger partial charge is 0.321 e. The van der Waals surface area contributed by atoms with Gasteiger partial charge in [0.05, 0.1) is 14.9 Å². The summed E-state index contributed by atoms with van der Waals surface area (Å²) in [5.41, 5.74) is 0. The van der Waals surface area contributed by atoms with Crippen LogP contribution in [0.25, 0.3) is 0 Å². The van der Waals surface area contributed by atoms with Crippen molar-refractivity contribution in [1.82, 2.24) is 4.31 Å². The molecule has 0 saturated carbocycles. The van der Waals surface area contributed by atoms with Crippen molar-refractivity contribution in [2.75, 3.05) is 7.05 Å². The lowest BCUT2D eigenvalue weighted by Crippen LogP contribution is -2.41. The first kappa shape index (κ1) is 16.2. The fourth-order valence-corrected chi connectivity index (χ4v) is 3.33. The van der Waals surface area contributed by atoms with E-state index in [4.69, 9.17) is 28.3 Å². The van der Waals surface area contributed by atoms with Crippen LogP contribution in [-0.2, 0) is 14.8 Å². The van der Waals surface area contributed by atoms with Gasteiger partial charge in [-0.15, -0.1) is 0 Å². The minimum atomic E-state index is -3.93. The molecule has 1 rings (SSSR count). The van der Waals surface area contributed by atoms with Crippen LogP contribution < -0.4 is 0 Å². The fraction of sp³-hybridized carbons (Fsp3) is 0.364. The highest BCUT2D eigenvalue weighted by Crippen LogP contribution is 2.27. The Morgan fingerprint density at radius 1 is 1.37 bits per heavy atom. The Bertz CT molecular complexity index is 588. The quantitative estimate of drug-likeness (QED) is 0.902. The minimum absolute atomic E-state index is 0.0934. The molecule has 0 aliphatic heterocycles. The molecule has 0 saturated heterocycles. The SMILES string of the molecule is CCC(C(=O)O)N(C)S(=O)(=O)c1ccc(Cl)c(Cl)c1. The molecule has 0 amide bonds. The predicted octanol–water partition coefficient (Wildman–Crippen LogP) is 2.48. The summed E-state index contributed by atoms with van der Waals surface area (Å²) < 4.78 is 25.3. The Kier molecular flexibility index (Phi) is 5.20. The van der Waals surface area contributed by atoms with Crippen LogP contribution in [0.15, 0.2) is 23.1 Å². The van der Waals surface area contributed by atoms with Gasteiger partial charge in [-0.25, -0.2) is 8.42 Å². The molecule has 19 heavy (non-hydrogen) atoms. The lowest BCUT2D eigenvalue weighted by molar-refractivity contribution is -0.141. The van der Waals surface area contributed by atoms with Crippen molar-refractivity contribution in [3.63, 3.8) is 0 Å². The maximum Gasteiger partial charge on any atom is 0.321 e. The zero-order valence-corrected chi connectivity index (χ0v) is 12.6. The van der Waals surface area contributed by atoms with E-state index in [1.807, 2.05) is 0 Å². The number of rotatable bonds is 5. The first-order chi connectivity index (χ1) is 8.71. The third kappa shape index (κ3) is 3.39. The highest BCUT2D eigenvalue weighted by molar-refractivity contribution is 7.89. The fourth-order valence-electron chi connectivity index (χ4n) is 1.56. The summed E-state index contributed by atoms with van der Waals surface area (Å²) in [5.74, 6) is -1.20. The lowest BCUT2D eigenvalue weighted by atomic mass is 10.2. The molecule has 0 aliphatic rings. The second-order valence-corrected chi connectivity index (χ2v) is 6.67. The number of hydrogen-bond donors (Lipinski definition) is 1. The molecule has 5 nitrogen and oxygen atoms in total. The van der Waals surface area contributed by atoms with Gasteiger partial charge >= 0.3 is 5.97 Å². The number of aliphatic carboxylic acids is 1. The largest absolute Gasteiger partial charge is 0.480 e. The number of benzene rings is 1. The maximum atomic E-state index is 12.3. The van der Waals surface area contributed by atoms with E-state index in [2.05, 4.69) is 0 Å². The van der Waals surface area contributed by atoms with Crippen LogP contribution in [-0.4, -0.2) is 36.9 Å². The van der Waals surface area contributed by atoms with Gasteiger partial charge in [0, 0.05) is 7.05 Å². The number of carboxylic acids is 1. The van der Waals surface area contributed by atoms with E-state index in [-0.39, 0.29) is 21.4 Å². The van der Waals surface area contributed by atoms with Gasteiger partial charge < -0.3 is 5.11 Å². The Labute approximate surface area is 121 Å². The highest BCUT2D eigenvalue weighted by atomic mass is 35.5. The van der Waals surface area contributed by atoms with Gasteiger partial charge in [-0.1, -0.05) is 30.1 Å². The van der Waals surface area contributed by atoms with Crippen LogP contribution in [0.2, 0.25) is 10.0 Å². The van der Waals surface area contributed by atoms with Crippen LogP contribution in [0.5, 0.6) is 0 Å². The van der Waals surface area contributed by atoms with E-state index in [0.29, 0.717) is 0 Å². The molecule has 0 spiro atoms. The Morgan fingerprint density at radius 3 is 2.37 bits per heavy atom. The third-order valence-corrected chi connectivity index (χ3v) is 5.28. The normalized spacial score (nSPS) is 13.5. The van der Waals surface area contributed by atoms with Crippen LogP contribution in [0, 0.1) is 0 Å². The van der Waals surface area contributed by atoms with Crippen molar-refractivity contribution in [1.29, 1.82) is 0 Å². The van der Waals surface area contributed by atoms with Gasteiger partial charge in [-0.05, 0) is 24.6 Å². The van der Waals surface area contributed by atoms with Gasteiger partial charge in [0.1, 0.15) is 6.04 Å². The van der Waals surface area contributed by atoms with Crippen molar-refractivity contribution in [2.45, 2.75) is 24.3 Å². The highest BCUT2D eigenvalue weighted by Gasteiger charge is 2.31. The van der Waals surface area contributed by atoms with Crippen molar-refractivity contribution in [3.05, 3.63) is 28.2 Å². The molecule has 0 aliphatic carbocycles. The van der Waals surface area contributed by atoms with Crippen molar-refractivity contribution in [3.8, 4) is 0 Å². The second-order valence-electron chi connectivity index (χ2n) is 3.86. The molecule has 1 aromatic rings. The van der Waals surface area contributed by atoms with E-state index in [0.717, 1.165) is 4.31 Å². The zero-order chi connectivity index (χ0) is 14.8. The number of carbonyl (C=O) groups is 1. The summed E-state index contributed by atoms with van der Waals surface area (Å²) in [7, 11) is -2.70. The number of carboxylic acid groups (broad SMARTS) is 1. The van der Waals surface area contributed by atoms with E-state index < -0.39 is 22.0 Å². The summed E-state index contributed by atoms with van der Waals surface area (Å²) in [6.07, 6.45) is 0.159. The second kappa shape index (κ2) is 6.09. The summed E-state index contributed by atoms with van der Waals surface area (Å²) >= 11 is 11.5. The Morgan fingerprint density at radius 2 is 1.95 bits per heavy atom. The van der Waals surface area contributed by atoms with Crippen LogP contribution >= 0.6 is 23.2 Å². The van der Waals surface area contributed by atoms with Crippen LogP contribution in [0.4, 0.5) is 0 Å². The molecular weight excluding hydrogens is 313 g/mol. The number of likely N-dealkylation sites (N-methyl/N-ethyl adjacent to an activating group) is 1. The van der Waals surface area contributed by atoms with Gasteiger partial charge in [0.25, 0.3) is 0 Å². The van der Waals surface area contributed by atoms with Gasteiger partial charge in [0.2, 0.25) is 10.0 Å². The summed E-state index contributed by atoms with van der Waals surface area (Å²) in [4.78, 5) is 10.9. The Balaban J connectivity index is 3.23. The van der Waals surface area contributed by atoms with Crippen LogP contribution in [0.3, 0.4) is 0 Å². The maximum absolute atomic E-state index is 12.3. The monoisotopic (exact) mass is 325 g/mol. The average Bonchev–Trinajstić information content (AvgIpc) is 2.32. The van der Waals surface area contributed by atoms with Crippen molar-refractivity contribution >= 4 is 39.2 Å². The molecule has 0 radical (unpaired) electrons. The molecule has 0 aromatic heterocycles. The molecule has 8 heteroatoms. The summed E-state index contributed by atoms with van der Waals surface area (Å²) in [6, 6.07) is 2.71. The van der Waals surface area contributed by atoms with Crippen LogP contribution in [0.1, 0.15) is 13.3 Å². The standard InChI is InChI=1S/C11H13Cl2NO4S/c1-3-10(11(15)16)14(2)19(17,18)7-4-5-8(12)9(13)6-7/h4-6,10H,3H2,1-2H3,(H,15,16). The topological polar surface area (TPSA) is 74.7 Å². The molecule has 1 N–H and O–H groups in total. The number of hydrogen-bond acceptors (Lipinski definition) is 3. The number of sulfonamides is 1. The van der Waals surface area contributed by atoms with Crippen molar-refractivity contribution in [2.24, 2.45) is 0 Å². The molecule has 1 atom stereocenters. The Hall–Kier alpha value is -0.820. The first-order valence-electron chi connectivity index (χ1n) is 5.37. The molecule has 1 aromatic carbocycles. The number of nitrogens with zero attached hydrogens (tertiary/aromatic N) is 1. The van der Waals surface area contributed by atoms with Gasteiger partial charge in [-0.3, -0.25) is 4.79 Å². The third-order valence-electron chi connectivity index (χ3n) is 2.68. The molecule has 0 heterocycles. The van der Waals surface area contributed by atoms with Gasteiger partial charge in [0.15, 0.2) is 0 Å². The summed E-state index contributed by atoms with van der Waals surface area (Å²) in [6.45, 7) is 1.60. The zero-order valence-electron chi connectivity index (χ0n) is 10.3. The molecule has 0 bridgehead atoms. The van der Waals surface area contributed by atoms with Gasteiger partial charge in [-0.2, -0.15) is 4.31 Å². The van der Waals surface area contributed by atoms with E-state index in [9.17, 15) is 13.2 Å². The first-order valence-corrected chi connectivity index (χ1v) is 7.57. The average molecular weight is 326 g/mol. The van der Waals surface area contributed by atoms with E-state index in [1.54, 1.807) is 6.92 Å². The molecule has 0 fully saturated rings. The minimum Gasteiger partial charge on any atom is -0.480 e. The van der Waals surface area contributed by atoms with E-state index in [1.165, 1.54) is 25.2 Å². The lowest BCUT2D eigenvalue weighted by Gasteiger charge is -2.23. The van der Waals surface area contributed by atoms with E-state index >= 15 is 0 Å².